The van der Waals surface area contributed by atoms with E-state index in [0.717, 1.165) is 41.0 Å². The molecule has 23 heavy (non-hydrogen) atoms. The molecule has 4 nitrogen and oxygen atoms in total. The molecule has 0 atom stereocenters. The van der Waals surface area contributed by atoms with E-state index in [1.165, 1.54) is 6.07 Å². The number of fused-ring (bicyclic) bond motifs is 1. The van der Waals surface area contributed by atoms with Gasteiger partial charge in [-0.15, -0.1) is 0 Å². The third kappa shape index (κ3) is 3.21. The Bertz CT molecular complexity index is 853. The van der Waals surface area contributed by atoms with Gasteiger partial charge in [-0.1, -0.05) is 19.1 Å². The van der Waals surface area contributed by atoms with E-state index in [1.54, 1.807) is 6.07 Å². The van der Waals surface area contributed by atoms with Gasteiger partial charge in [-0.25, -0.2) is 13.8 Å². The minimum absolute atomic E-state index is 0.0180. The lowest BCUT2D eigenvalue weighted by molar-refractivity contribution is -0.115. The van der Waals surface area contributed by atoms with Gasteiger partial charge < -0.3 is 10.3 Å². The number of imidazole rings is 1. The smallest absolute Gasteiger partial charge is 0.228 e. The molecule has 0 unspecified atom stereocenters. The molecule has 0 fully saturated rings. The number of aryl methyl sites for hydroxylation is 1. The van der Waals surface area contributed by atoms with E-state index < -0.39 is 23.2 Å². The molecule has 0 radical (unpaired) electrons. The number of aromatic nitrogens is 2. The summed E-state index contributed by atoms with van der Waals surface area (Å²) < 4.78 is 27.1. The van der Waals surface area contributed by atoms with Crippen LogP contribution in [0, 0.1) is 11.6 Å². The number of hydrogen-bond acceptors (Lipinski definition) is 2. The summed E-state index contributed by atoms with van der Waals surface area (Å²) >= 11 is 0. The lowest BCUT2D eigenvalue weighted by Crippen LogP contribution is -2.16. The normalized spacial score (nSPS) is 10.9. The van der Waals surface area contributed by atoms with Gasteiger partial charge in [-0.05, 0) is 29.8 Å². The van der Waals surface area contributed by atoms with Crippen LogP contribution in [-0.2, 0) is 17.6 Å². The Labute approximate surface area is 131 Å². The average Bonchev–Trinajstić information content (AvgIpc) is 2.93. The number of amides is 1. The largest absolute Gasteiger partial charge is 0.342 e. The standard InChI is InChI=1S/C17H15F2N3O/c1-2-15-20-13-7-6-10(8-14(13)21-15)9-16(23)22-17-11(18)4-3-5-12(17)19/h3-8H,2,9H2,1H3,(H,20,21)(H,22,23). The molecule has 0 spiro atoms. The van der Waals surface area contributed by atoms with Gasteiger partial charge in [0.25, 0.3) is 0 Å². The van der Waals surface area contributed by atoms with Crippen LogP contribution >= 0.6 is 0 Å². The summed E-state index contributed by atoms with van der Waals surface area (Å²) in [6.45, 7) is 2.00. The molecule has 1 amide bonds. The van der Waals surface area contributed by atoms with E-state index >= 15 is 0 Å². The van der Waals surface area contributed by atoms with Crippen LogP contribution in [0.2, 0.25) is 0 Å². The summed E-state index contributed by atoms with van der Waals surface area (Å²) in [4.78, 5) is 19.6. The zero-order chi connectivity index (χ0) is 16.4. The summed E-state index contributed by atoms with van der Waals surface area (Å²) in [5, 5.41) is 2.28. The van der Waals surface area contributed by atoms with Crippen molar-refractivity contribution in [2.24, 2.45) is 0 Å². The number of para-hydroxylation sites is 1. The highest BCUT2D eigenvalue weighted by atomic mass is 19.1. The number of nitrogens with zero attached hydrogens (tertiary/aromatic N) is 1. The predicted molar refractivity (Wildman–Crippen MR) is 84.2 cm³/mol. The van der Waals surface area contributed by atoms with Crippen molar-refractivity contribution in [3.8, 4) is 0 Å². The molecule has 3 aromatic rings. The van der Waals surface area contributed by atoms with Gasteiger partial charge >= 0.3 is 0 Å². The number of anilines is 1. The number of benzene rings is 2. The van der Waals surface area contributed by atoms with Crippen molar-refractivity contribution < 1.29 is 13.6 Å². The van der Waals surface area contributed by atoms with Crippen LogP contribution in [0.3, 0.4) is 0 Å². The lowest BCUT2D eigenvalue weighted by atomic mass is 10.1. The fourth-order valence-corrected chi connectivity index (χ4v) is 2.37. The number of halogens is 2. The monoisotopic (exact) mass is 315 g/mol. The number of aromatic amines is 1. The first-order valence-electron chi connectivity index (χ1n) is 7.28. The van der Waals surface area contributed by atoms with Gasteiger partial charge in [0.1, 0.15) is 23.1 Å². The Morgan fingerprint density at radius 2 is 1.96 bits per heavy atom. The molecule has 0 aliphatic carbocycles. The molecule has 1 heterocycles. The highest BCUT2D eigenvalue weighted by molar-refractivity contribution is 5.93. The summed E-state index contributed by atoms with van der Waals surface area (Å²) in [5.74, 6) is -1.21. The molecule has 3 rings (SSSR count). The second kappa shape index (κ2) is 6.16. The Morgan fingerprint density at radius 1 is 1.22 bits per heavy atom. The first-order valence-corrected chi connectivity index (χ1v) is 7.28. The second-order valence-electron chi connectivity index (χ2n) is 5.21. The number of H-pyrrole nitrogens is 1. The molecule has 2 N–H and O–H groups in total. The van der Waals surface area contributed by atoms with Gasteiger partial charge in [0, 0.05) is 6.42 Å². The molecule has 0 bridgehead atoms. The third-order valence-corrected chi connectivity index (χ3v) is 3.52. The fraction of sp³-hybridized carbons (Fsp3) is 0.176. The van der Waals surface area contributed by atoms with Crippen LogP contribution in [0.5, 0.6) is 0 Å². The van der Waals surface area contributed by atoms with Gasteiger partial charge in [-0.2, -0.15) is 0 Å². The van der Waals surface area contributed by atoms with Crippen molar-refractivity contribution in [2.75, 3.05) is 5.32 Å². The molecule has 6 heteroatoms. The van der Waals surface area contributed by atoms with E-state index in [4.69, 9.17) is 0 Å². The average molecular weight is 315 g/mol. The van der Waals surface area contributed by atoms with E-state index in [0.29, 0.717) is 0 Å². The zero-order valence-electron chi connectivity index (χ0n) is 12.5. The molecular formula is C17H15F2N3O. The zero-order valence-corrected chi connectivity index (χ0v) is 12.5. The van der Waals surface area contributed by atoms with Crippen molar-refractivity contribution >= 4 is 22.6 Å². The summed E-state index contributed by atoms with van der Waals surface area (Å²) in [7, 11) is 0. The van der Waals surface area contributed by atoms with Crippen LogP contribution in [-0.4, -0.2) is 15.9 Å². The topological polar surface area (TPSA) is 57.8 Å². The van der Waals surface area contributed by atoms with Crippen molar-refractivity contribution in [3.63, 3.8) is 0 Å². The van der Waals surface area contributed by atoms with Crippen LogP contribution in [0.4, 0.5) is 14.5 Å². The lowest BCUT2D eigenvalue weighted by Gasteiger charge is -2.07. The molecule has 0 aliphatic heterocycles. The van der Waals surface area contributed by atoms with Crippen LogP contribution < -0.4 is 5.32 Å². The molecule has 2 aromatic carbocycles. The van der Waals surface area contributed by atoms with Crippen molar-refractivity contribution in [2.45, 2.75) is 19.8 Å². The molecule has 0 saturated heterocycles. The Hall–Kier alpha value is -2.76. The van der Waals surface area contributed by atoms with Crippen molar-refractivity contribution in [1.29, 1.82) is 0 Å². The number of hydrogen-bond donors (Lipinski definition) is 2. The van der Waals surface area contributed by atoms with Gasteiger partial charge in [0.2, 0.25) is 5.91 Å². The first-order chi connectivity index (χ1) is 11.1. The number of carbonyl (C=O) groups is 1. The Kier molecular flexibility index (Phi) is 4.06. The van der Waals surface area contributed by atoms with E-state index in [-0.39, 0.29) is 6.42 Å². The van der Waals surface area contributed by atoms with Crippen molar-refractivity contribution in [1.82, 2.24) is 9.97 Å². The van der Waals surface area contributed by atoms with E-state index in [1.807, 2.05) is 19.1 Å². The third-order valence-electron chi connectivity index (χ3n) is 3.52. The fourth-order valence-electron chi connectivity index (χ4n) is 2.37. The maximum Gasteiger partial charge on any atom is 0.228 e. The summed E-state index contributed by atoms with van der Waals surface area (Å²) in [6, 6.07) is 8.86. The molecule has 118 valence electrons. The Morgan fingerprint density at radius 3 is 2.65 bits per heavy atom. The maximum atomic E-state index is 13.5. The molecular weight excluding hydrogens is 300 g/mol. The van der Waals surface area contributed by atoms with Crippen LogP contribution in [0.15, 0.2) is 36.4 Å². The predicted octanol–water partition coefficient (Wildman–Crippen LogP) is 3.58. The first kappa shape index (κ1) is 15.1. The molecule has 1 aromatic heterocycles. The maximum absolute atomic E-state index is 13.5. The number of carbonyl (C=O) groups excluding carboxylic acids is 1. The molecule has 0 saturated carbocycles. The quantitative estimate of drug-likeness (QED) is 0.773. The van der Waals surface area contributed by atoms with E-state index in [9.17, 15) is 13.6 Å². The van der Waals surface area contributed by atoms with E-state index in [2.05, 4.69) is 15.3 Å². The molecule has 0 aliphatic rings. The summed E-state index contributed by atoms with van der Waals surface area (Å²) in [5.41, 5.74) is 1.97. The van der Waals surface area contributed by atoms with Gasteiger partial charge in [-0.3, -0.25) is 4.79 Å². The SMILES string of the molecule is CCc1nc2ccc(CC(=O)Nc3c(F)cccc3F)cc2[nH]1. The van der Waals surface area contributed by atoms with Crippen LogP contribution in [0.25, 0.3) is 11.0 Å². The van der Waals surface area contributed by atoms with Crippen molar-refractivity contribution in [3.05, 3.63) is 59.4 Å². The number of nitrogens with one attached hydrogen (secondary N) is 2. The second-order valence-corrected chi connectivity index (χ2v) is 5.21. The summed E-state index contributed by atoms with van der Waals surface area (Å²) in [6.07, 6.45) is 0.807. The van der Waals surface area contributed by atoms with Gasteiger partial charge in [0.15, 0.2) is 0 Å². The highest BCUT2D eigenvalue weighted by Crippen LogP contribution is 2.19. The number of rotatable bonds is 4. The van der Waals surface area contributed by atoms with Gasteiger partial charge in [0.05, 0.1) is 17.5 Å². The minimum Gasteiger partial charge on any atom is -0.342 e. The van der Waals surface area contributed by atoms with Crippen LogP contribution in [0.1, 0.15) is 18.3 Å². The Balaban J connectivity index is 1.77. The minimum atomic E-state index is -0.796. The highest BCUT2D eigenvalue weighted by Gasteiger charge is 2.13.